The van der Waals surface area contributed by atoms with Crippen molar-refractivity contribution in [3.8, 4) is 11.5 Å². The molecule has 4 rings (SSSR count). The molecule has 0 unspecified atom stereocenters. The molecule has 2 aliphatic rings. The fourth-order valence-corrected chi connectivity index (χ4v) is 4.76. The van der Waals surface area contributed by atoms with Gasteiger partial charge in [-0.25, -0.2) is 4.79 Å². The summed E-state index contributed by atoms with van der Waals surface area (Å²) in [5, 5.41) is 5.70. The molecule has 0 aliphatic carbocycles. The van der Waals surface area contributed by atoms with Crippen LogP contribution in [0.2, 0.25) is 0 Å². The van der Waals surface area contributed by atoms with E-state index in [1.165, 1.54) is 13.5 Å². The number of benzene rings is 2. The highest BCUT2D eigenvalue weighted by Crippen LogP contribution is 2.31. The molecule has 188 valence electrons. The maximum Gasteiger partial charge on any atom is 0.323 e. The molecule has 0 bridgehead atoms. The average Bonchev–Trinajstić information content (AvgIpc) is 2.89. The van der Waals surface area contributed by atoms with Crippen LogP contribution in [0.1, 0.15) is 49.4 Å². The molecule has 2 aliphatic heterocycles. The first-order chi connectivity index (χ1) is 17.0. The van der Waals surface area contributed by atoms with Gasteiger partial charge in [0.15, 0.2) is 0 Å². The molecule has 0 spiro atoms. The highest BCUT2D eigenvalue weighted by atomic mass is 16.5. The Morgan fingerprint density at radius 2 is 1.63 bits per heavy atom. The van der Waals surface area contributed by atoms with E-state index >= 15 is 0 Å². The molecule has 0 aromatic heterocycles. The maximum absolute atomic E-state index is 13.6. The number of anilines is 3. The van der Waals surface area contributed by atoms with Crippen LogP contribution in [0.4, 0.5) is 21.9 Å². The molecule has 2 N–H and O–H groups in total. The van der Waals surface area contributed by atoms with Crippen LogP contribution in [0.3, 0.4) is 0 Å². The standard InChI is InChI=1S/C27H36N4O4/c1-19-11-15-31(16-12-19)26(32)22-17-20(7-10-24(22)30-13-5-4-6-14-30)28-27(33)29-23-9-8-21(34-2)18-25(23)35-3/h7-10,17-19H,4-6,11-16H2,1-3H3,(H2,28,29,33). The topological polar surface area (TPSA) is 83.1 Å². The van der Waals surface area contributed by atoms with Gasteiger partial charge in [-0.3, -0.25) is 4.79 Å². The molecule has 8 nitrogen and oxygen atoms in total. The zero-order valence-corrected chi connectivity index (χ0v) is 20.9. The van der Waals surface area contributed by atoms with E-state index in [9.17, 15) is 9.59 Å². The smallest absolute Gasteiger partial charge is 0.323 e. The number of carbonyl (C=O) groups excluding carboxylic acids is 2. The lowest BCUT2D eigenvalue weighted by Gasteiger charge is -2.34. The van der Waals surface area contributed by atoms with Crippen LogP contribution in [0, 0.1) is 5.92 Å². The van der Waals surface area contributed by atoms with E-state index in [1.807, 2.05) is 23.1 Å². The van der Waals surface area contributed by atoms with E-state index < -0.39 is 6.03 Å². The average molecular weight is 481 g/mol. The molecule has 0 radical (unpaired) electrons. The van der Waals surface area contributed by atoms with Crippen molar-refractivity contribution in [2.45, 2.75) is 39.0 Å². The normalized spacial score (nSPS) is 16.5. The molecule has 3 amide bonds. The second-order valence-electron chi connectivity index (χ2n) is 9.40. The van der Waals surface area contributed by atoms with Crippen molar-refractivity contribution < 1.29 is 19.1 Å². The summed E-state index contributed by atoms with van der Waals surface area (Å²) in [7, 11) is 3.11. The number of hydrogen-bond donors (Lipinski definition) is 2. The van der Waals surface area contributed by atoms with Crippen LogP contribution in [0.25, 0.3) is 0 Å². The molecular weight excluding hydrogens is 444 g/mol. The number of carbonyl (C=O) groups is 2. The van der Waals surface area contributed by atoms with Crippen LogP contribution < -0.4 is 25.0 Å². The van der Waals surface area contributed by atoms with Crippen LogP contribution >= 0.6 is 0 Å². The summed E-state index contributed by atoms with van der Waals surface area (Å²) >= 11 is 0. The van der Waals surface area contributed by atoms with E-state index in [-0.39, 0.29) is 5.91 Å². The van der Waals surface area contributed by atoms with Gasteiger partial charge in [-0.15, -0.1) is 0 Å². The van der Waals surface area contributed by atoms with Crippen molar-refractivity contribution >= 4 is 29.0 Å². The van der Waals surface area contributed by atoms with Gasteiger partial charge in [-0.2, -0.15) is 0 Å². The van der Waals surface area contributed by atoms with Gasteiger partial charge in [0.2, 0.25) is 0 Å². The number of nitrogens with one attached hydrogen (secondary N) is 2. The summed E-state index contributed by atoms with van der Waals surface area (Å²) in [6, 6.07) is 10.4. The second kappa shape index (κ2) is 11.3. The fraction of sp³-hybridized carbons (Fsp3) is 0.481. The first kappa shape index (κ1) is 24.7. The number of nitrogens with zero attached hydrogens (tertiary/aromatic N) is 2. The lowest BCUT2D eigenvalue weighted by molar-refractivity contribution is 0.0697. The minimum atomic E-state index is -0.413. The predicted octanol–water partition coefficient (Wildman–Crippen LogP) is 5.21. The number of amides is 3. The lowest BCUT2D eigenvalue weighted by atomic mass is 9.98. The number of urea groups is 1. The second-order valence-corrected chi connectivity index (χ2v) is 9.40. The number of piperidine rings is 2. The van der Waals surface area contributed by atoms with E-state index in [0.717, 1.165) is 57.5 Å². The first-order valence-electron chi connectivity index (χ1n) is 12.5. The molecule has 35 heavy (non-hydrogen) atoms. The van der Waals surface area contributed by atoms with Gasteiger partial charge in [0.1, 0.15) is 11.5 Å². The molecular formula is C27H36N4O4. The van der Waals surface area contributed by atoms with E-state index in [4.69, 9.17) is 9.47 Å². The van der Waals surface area contributed by atoms with Crippen LogP contribution in [0.15, 0.2) is 36.4 Å². The third kappa shape index (κ3) is 5.99. The van der Waals surface area contributed by atoms with Gasteiger partial charge in [0.05, 0.1) is 25.5 Å². The third-order valence-corrected chi connectivity index (χ3v) is 6.91. The third-order valence-electron chi connectivity index (χ3n) is 6.91. The summed E-state index contributed by atoms with van der Waals surface area (Å²) in [6.45, 7) is 5.68. The molecule has 2 heterocycles. The quantitative estimate of drug-likeness (QED) is 0.593. The molecule has 2 saturated heterocycles. The van der Waals surface area contributed by atoms with Crippen molar-refractivity contribution in [1.82, 2.24) is 4.90 Å². The Bertz CT molecular complexity index is 1040. The molecule has 0 atom stereocenters. The zero-order chi connectivity index (χ0) is 24.8. The zero-order valence-electron chi connectivity index (χ0n) is 20.9. The van der Waals surface area contributed by atoms with Gasteiger partial charge in [0.25, 0.3) is 5.91 Å². The van der Waals surface area contributed by atoms with Crippen molar-refractivity contribution in [3.63, 3.8) is 0 Å². The molecule has 0 saturated carbocycles. The molecule has 2 aromatic rings. The first-order valence-corrected chi connectivity index (χ1v) is 12.5. The Morgan fingerprint density at radius 1 is 0.886 bits per heavy atom. The van der Waals surface area contributed by atoms with Gasteiger partial charge in [-0.05, 0) is 68.4 Å². The Hall–Kier alpha value is -3.42. The Morgan fingerprint density at radius 3 is 2.31 bits per heavy atom. The summed E-state index contributed by atoms with van der Waals surface area (Å²) in [5.41, 5.74) is 2.70. The Labute approximate surface area is 207 Å². The summed E-state index contributed by atoms with van der Waals surface area (Å²) < 4.78 is 10.6. The largest absolute Gasteiger partial charge is 0.497 e. The lowest BCUT2D eigenvalue weighted by Crippen LogP contribution is -2.39. The van der Waals surface area contributed by atoms with Crippen LogP contribution in [0.5, 0.6) is 11.5 Å². The minimum absolute atomic E-state index is 0.0401. The predicted molar refractivity (Wildman–Crippen MR) is 139 cm³/mol. The number of ether oxygens (including phenoxy) is 2. The van der Waals surface area contributed by atoms with Crippen LogP contribution in [-0.4, -0.2) is 57.2 Å². The maximum atomic E-state index is 13.6. The SMILES string of the molecule is COc1ccc(NC(=O)Nc2ccc(N3CCCCC3)c(C(=O)N3CCC(C)CC3)c2)c(OC)c1. The van der Waals surface area contributed by atoms with Gasteiger partial charge in [0, 0.05) is 43.6 Å². The Balaban J connectivity index is 1.54. The fourth-order valence-electron chi connectivity index (χ4n) is 4.76. The number of methoxy groups -OCH3 is 2. The van der Waals surface area contributed by atoms with Crippen molar-refractivity contribution in [2.24, 2.45) is 5.92 Å². The van der Waals surface area contributed by atoms with E-state index in [2.05, 4.69) is 22.5 Å². The molecule has 2 fully saturated rings. The summed E-state index contributed by atoms with van der Waals surface area (Å²) in [5.74, 6) is 1.82. The van der Waals surface area contributed by atoms with E-state index in [0.29, 0.717) is 34.4 Å². The Kier molecular flexibility index (Phi) is 8.00. The number of hydrogen-bond acceptors (Lipinski definition) is 5. The summed E-state index contributed by atoms with van der Waals surface area (Å²) in [4.78, 5) is 30.6. The summed E-state index contributed by atoms with van der Waals surface area (Å²) in [6.07, 6.45) is 5.52. The monoisotopic (exact) mass is 480 g/mol. The molecule has 8 heteroatoms. The van der Waals surface area contributed by atoms with Crippen LogP contribution in [-0.2, 0) is 0 Å². The number of likely N-dealkylation sites (tertiary alicyclic amines) is 1. The van der Waals surface area contributed by atoms with Gasteiger partial charge >= 0.3 is 6.03 Å². The minimum Gasteiger partial charge on any atom is -0.497 e. The highest BCUT2D eigenvalue weighted by Gasteiger charge is 2.26. The van der Waals surface area contributed by atoms with Crippen molar-refractivity contribution in [3.05, 3.63) is 42.0 Å². The van der Waals surface area contributed by atoms with E-state index in [1.54, 1.807) is 25.3 Å². The molecule has 2 aromatic carbocycles. The van der Waals surface area contributed by atoms with Gasteiger partial charge in [-0.1, -0.05) is 6.92 Å². The van der Waals surface area contributed by atoms with Gasteiger partial charge < -0.3 is 29.9 Å². The number of rotatable bonds is 6. The van der Waals surface area contributed by atoms with Crippen molar-refractivity contribution in [1.29, 1.82) is 0 Å². The van der Waals surface area contributed by atoms with Crippen molar-refractivity contribution in [2.75, 3.05) is 55.9 Å². The highest BCUT2D eigenvalue weighted by molar-refractivity contribution is 6.04.